The summed E-state index contributed by atoms with van der Waals surface area (Å²) in [7, 11) is 0. The molecule has 0 saturated carbocycles. The third kappa shape index (κ3) is 5.09. The summed E-state index contributed by atoms with van der Waals surface area (Å²) in [6.07, 6.45) is 2.27. The molecule has 0 aliphatic heterocycles. The van der Waals surface area contributed by atoms with Crippen LogP contribution in [-0.2, 0) is 6.54 Å². The van der Waals surface area contributed by atoms with Gasteiger partial charge in [0, 0.05) is 12.6 Å². The standard InChI is InChI=1S/C16H27NO/c1-5-10-18-16-9-7-8-15(11-16)12-17-14(4)13(3)6-2/h7-9,11,13-14,17H,5-6,10,12H2,1-4H3. The van der Waals surface area contributed by atoms with E-state index >= 15 is 0 Å². The van der Waals surface area contributed by atoms with E-state index in [0.717, 1.165) is 25.3 Å². The minimum absolute atomic E-state index is 0.551. The maximum absolute atomic E-state index is 5.64. The number of ether oxygens (including phenoxy) is 1. The molecule has 102 valence electrons. The van der Waals surface area contributed by atoms with Crippen LogP contribution in [0.5, 0.6) is 5.75 Å². The molecular formula is C16H27NO. The van der Waals surface area contributed by atoms with Crippen LogP contribution < -0.4 is 10.1 Å². The van der Waals surface area contributed by atoms with Crippen LogP contribution in [-0.4, -0.2) is 12.6 Å². The number of hydrogen-bond acceptors (Lipinski definition) is 2. The number of nitrogens with one attached hydrogen (secondary N) is 1. The van der Waals surface area contributed by atoms with Crippen molar-refractivity contribution in [3.8, 4) is 5.75 Å². The lowest BCUT2D eigenvalue weighted by molar-refractivity contribution is 0.317. The van der Waals surface area contributed by atoms with Gasteiger partial charge in [-0.25, -0.2) is 0 Å². The van der Waals surface area contributed by atoms with Gasteiger partial charge in [-0.05, 0) is 37.0 Å². The van der Waals surface area contributed by atoms with Crippen LogP contribution in [0.4, 0.5) is 0 Å². The molecule has 0 amide bonds. The third-order valence-corrected chi connectivity index (χ3v) is 3.50. The average Bonchev–Trinajstić information content (AvgIpc) is 2.42. The molecule has 0 aliphatic carbocycles. The van der Waals surface area contributed by atoms with Crippen LogP contribution in [0, 0.1) is 5.92 Å². The second-order valence-electron chi connectivity index (χ2n) is 5.05. The van der Waals surface area contributed by atoms with Crippen molar-refractivity contribution < 1.29 is 4.74 Å². The van der Waals surface area contributed by atoms with E-state index in [-0.39, 0.29) is 0 Å². The summed E-state index contributed by atoms with van der Waals surface area (Å²) >= 11 is 0. The molecule has 0 aliphatic rings. The van der Waals surface area contributed by atoms with Gasteiger partial charge in [0.25, 0.3) is 0 Å². The van der Waals surface area contributed by atoms with E-state index in [2.05, 4.69) is 51.2 Å². The lowest BCUT2D eigenvalue weighted by Gasteiger charge is -2.20. The molecule has 2 nitrogen and oxygen atoms in total. The van der Waals surface area contributed by atoms with Crippen molar-refractivity contribution in [2.45, 2.75) is 53.1 Å². The zero-order valence-electron chi connectivity index (χ0n) is 12.2. The van der Waals surface area contributed by atoms with Crippen molar-refractivity contribution in [1.82, 2.24) is 5.32 Å². The molecule has 2 unspecified atom stereocenters. The van der Waals surface area contributed by atoms with Gasteiger partial charge in [0.2, 0.25) is 0 Å². The Kier molecular flexibility index (Phi) is 6.81. The summed E-state index contributed by atoms with van der Waals surface area (Å²) in [5.74, 6) is 1.69. The summed E-state index contributed by atoms with van der Waals surface area (Å²) in [6.45, 7) is 10.6. The van der Waals surface area contributed by atoms with Crippen LogP contribution in [0.2, 0.25) is 0 Å². The van der Waals surface area contributed by atoms with Gasteiger partial charge in [0.05, 0.1) is 6.61 Å². The lowest BCUT2D eigenvalue weighted by Crippen LogP contribution is -2.31. The smallest absolute Gasteiger partial charge is 0.119 e. The highest BCUT2D eigenvalue weighted by Crippen LogP contribution is 2.14. The summed E-state index contributed by atoms with van der Waals surface area (Å²) in [5, 5.41) is 3.58. The second kappa shape index (κ2) is 8.15. The van der Waals surface area contributed by atoms with Crippen molar-refractivity contribution in [2.24, 2.45) is 5.92 Å². The first-order valence-corrected chi connectivity index (χ1v) is 7.12. The van der Waals surface area contributed by atoms with Gasteiger partial charge in [-0.1, -0.05) is 39.3 Å². The molecule has 0 bridgehead atoms. The molecule has 0 spiro atoms. The van der Waals surface area contributed by atoms with E-state index in [0.29, 0.717) is 12.0 Å². The molecule has 2 atom stereocenters. The van der Waals surface area contributed by atoms with Crippen molar-refractivity contribution in [3.63, 3.8) is 0 Å². The Bertz CT molecular complexity index is 338. The summed E-state index contributed by atoms with van der Waals surface area (Å²) < 4.78 is 5.64. The second-order valence-corrected chi connectivity index (χ2v) is 5.05. The Morgan fingerprint density at radius 1 is 1.22 bits per heavy atom. The summed E-state index contributed by atoms with van der Waals surface area (Å²) in [4.78, 5) is 0. The Hall–Kier alpha value is -1.02. The Labute approximate surface area is 112 Å². The normalized spacial score (nSPS) is 14.2. The van der Waals surface area contributed by atoms with E-state index in [9.17, 15) is 0 Å². The number of benzene rings is 1. The quantitative estimate of drug-likeness (QED) is 0.752. The zero-order valence-corrected chi connectivity index (χ0v) is 12.2. The molecule has 18 heavy (non-hydrogen) atoms. The molecule has 0 heterocycles. The van der Waals surface area contributed by atoms with Crippen LogP contribution in [0.3, 0.4) is 0 Å². The van der Waals surface area contributed by atoms with Crippen LogP contribution >= 0.6 is 0 Å². The van der Waals surface area contributed by atoms with Gasteiger partial charge in [-0.3, -0.25) is 0 Å². The SMILES string of the molecule is CCCOc1cccc(CNC(C)C(C)CC)c1. The maximum atomic E-state index is 5.64. The van der Waals surface area contributed by atoms with Crippen LogP contribution in [0.15, 0.2) is 24.3 Å². The Morgan fingerprint density at radius 3 is 2.67 bits per heavy atom. The van der Waals surface area contributed by atoms with Crippen LogP contribution in [0.1, 0.15) is 46.1 Å². The molecule has 0 aromatic heterocycles. The first kappa shape index (κ1) is 15.0. The molecule has 2 heteroatoms. The van der Waals surface area contributed by atoms with Gasteiger partial charge >= 0.3 is 0 Å². The van der Waals surface area contributed by atoms with E-state index in [4.69, 9.17) is 4.74 Å². The average molecular weight is 249 g/mol. The molecule has 0 saturated heterocycles. The van der Waals surface area contributed by atoms with Gasteiger partial charge in [-0.15, -0.1) is 0 Å². The first-order chi connectivity index (χ1) is 8.67. The van der Waals surface area contributed by atoms with E-state index in [1.807, 2.05) is 6.07 Å². The van der Waals surface area contributed by atoms with Crippen LogP contribution in [0.25, 0.3) is 0 Å². The van der Waals surface area contributed by atoms with Crippen molar-refractivity contribution in [2.75, 3.05) is 6.61 Å². The third-order valence-electron chi connectivity index (χ3n) is 3.50. The molecule has 1 N–H and O–H groups in total. The monoisotopic (exact) mass is 249 g/mol. The predicted octanol–water partition coefficient (Wildman–Crippen LogP) is 4.00. The van der Waals surface area contributed by atoms with E-state index in [1.165, 1.54) is 12.0 Å². The van der Waals surface area contributed by atoms with Crippen molar-refractivity contribution in [1.29, 1.82) is 0 Å². The first-order valence-electron chi connectivity index (χ1n) is 7.12. The van der Waals surface area contributed by atoms with Gasteiger partial charge < -0.3 is 10.1 Å². The number of rotatable bonds is 8. The highest BCUT2D eigenvalue weighted by Gasteiger charge is 2.09. The van der Waals surface area contributed by atoms with Gasteiger partial charge in [0.1, 0.15) is 5.75 Å². The maximum Gasteiger partial charge on any atom is 0.119 e. The zero-order chi connectivity index (χ0) is 13.4. The fraction of sp³-hybridized carbons (Fsp3) is 0.625. The highest BCUT2D eigenvalue weighted by atomic mass is 16.5. The minimum atomic E-state index is 0.551. The van der Waals surface area contributed by atoms with Crippen molar-refractivity contribution >= 4 is 0 Å². The minimum Gasteiger partial charge on any atom is -0.494 e. The molecule has 1 aromatic rings. The molecule has 0 fully saturated rings. The fourth-order valence-corrected chi connectivity index (χ4v) is 1.80. The topological polar surface area (TPSA) is 21.3 Å². The Morgan fingerprint density at radius 2 is 2.00 bits per heavy atom. The van der Waals surface area contributed by atoms with Gasteiger partial charge in [-0.2, -0.15) is 0 Å². The van der Waals surface area contributed by atoms with E-state index < -0.39 is 0 Å². The van der Waals surface area contributed by atoms with Crippen molar-refractivity contribution in [3.05, 3.63) is 29.8 Å². The fourth-order valence-electron chi connectivity index (χ4n) is 1.80. The molecule has 1 aromatic carbocycles. The largest absolute Gasteiger partial charge is 0.494 e. The summed E-state index contributed by atoms with van der Waals surface area (Å²) in [6, 6.07) is 8.92. The molecule has 0 radical (unpaired) electrons. The lowest BCUT2D eigenvalue weighted by atomic mass is 10.0. The molecule has 1 rings (SSSR count). The van der Waals surface area contributed by atoms with Gasteiger partial charge in [0.15, 0.2) is 0 Å². The molecular weight excluding hydrogens is 222 g/mol. The number of hydrogen-bond donors (Lipinski definition) is 1. The summed E-state index contributed by atoms with van der Waals surface area (Å²) in [5.41, 5.74) is 1.29. The highest BCUT2D eigenvalue weighted by molar-refractivity contribution is 5.28. The predicted molar refractivity (Wildman–Crippen MR) is 78.0 cm³/mol. The Balaban J connectivity index is 2.46. The van der Waals surface area contributed by atoms with E-state index in [1.54, 1.807) is 0 Å².